The van der Waals surface area contributed by atoms with Gasteiger partial charge in [-0.1, -0.05) is 41.4 Å². The fraction of sp³-hybridized carbons (Fsp3) is 0.0833. The van der Waals surface area contributed by atoms with Gasteiger partial charge in [0.25, 0.3) is 5.91 Å². The van der Waals surface area contributed by atoms with Gasteiger partial charge in [-0.25, -0.2) is 22.0 Å². The van der Waals surface area contributed by atoms with Gasteiger partial charge in [-0.15, -0.1) is 0 Å². The summed E-state index contributed by atoms with van der Waals surface area (Å²) in [5.74, 6) is -11.5. The Morgan fingerprint density at radius 2 is 1.49 bits per heavy atom. The van der Waals surface area contributed by atoms with Crippen molar-refractivity contribution in [3.05, 3.63) is 98.3 Å². The third-order valence-electron chi connectivity index (χ3n) is 5.04. The first-order valence-electron chi connectivity index (χ1n) is 9.88. The van der Waals surface area contributed by atoms with Crippen LogP contribution in [0.5, 0.6) is 5.75 Å². The molecule has 0 N–H and O–H groups in total. The van der Waals surface area contributed by atoms with Gasteiger partial charge in [0.15, 0.2) is 23.3 Å². The van der Waals surface area contributed by atoms with Gasteiger partial charge in [0.1, 0.15) is 18.0 Å². The number of ether oxygens (including phenoxy) is 1. The molecule has 3 aromatic carbocycles. The average Bonchev–Trinajstić information content (AvgIpc) is 3.11. The molecule has 1 amide bonds. The molecule has 0 unspecified atom stereocenters. The number of carbonyl (C=O) groups is 1. The van der Waals surface area contributed by atoms with Crippen LogP contribution in [0.15, 0.2) is 53.1 Å². The third-order valence-corrected chi connectivity index (χ3v) is 5.78. The lowest BCUT2D eigenvalue weighted by Crippen LogP contribution is -2.25. The maximum absolute atomic E-state index is 14.2. The van der Waals surface area contributed by atoms with E-state index in [1.165, 1.54) is 13.0 Å². The largest absolute Gasteiger partial charge is 0.489 e. The monoisotopic (exact) mass is 526 g/mol. The van der Waals surface area contributed by atoms with Gasteiger partial charge in [0.2, 0.25) is 5.82 Å². The van der Waals surface area contributed by atoms with Crippen LogP contribution in [-0.4, -0.2) is 11.6 Å². The number of hydrogen-bond donors (Lipinski definition) is 0. The highest BCUT2D eigenvalue weighted by Crippen LogP contribution is 2.34. The second kappa shape index (κ2) is 9.67. The number of amides is 1. The minimum absolute atomic E-state index is 0.0267. The summed E-state index contributed by atoms with van der Waals surface area (Å²) in [6, 6.07) is 11.5. The highest BCUT2D eigenvalue weighted by atomic mass is 35.5. The van der Waals surface area contributed by atoms with Crippen LogP contribution in [0.2, 0.25) is 10.0 Å². The molecular weight excluding hydrogens is 514 g/mol. The van der Waals surface area contributed by atoms with Crippen molar-refractivity contribution < 1.29 is 31.5 Å². The van der Waals surface area contributed by atoms with Crippen molar-refractivity contribution in [1.29, 1.82) is 0 Å². The highest BCUT2D eigenvalue weighted by Gasteiger charge is 2.37. The predicted octanol–water partition coefficient (Wildman–Crippen LogP) is 7.07. The number of anilines is 1. The van der Waals surface area contributed by atoms with Crippen molar-refractivity contribution in [2.75, 3.05) is 5.01 Å². The van der Waals surface area contributed by atoms with E-state index < -0.39 is 40.7 Å². The molecule has 0 atom stereocenters. The summed E-state index contributed by atoms with van der Waals surface area (Å²) in [6.07, 6.45) is 1.37. The van der Waals surface area contributed by atoms with Crippen molar-refractivity contribution in [3.63, 3.8) is 0 Å². The normalized spacial score (nSPS) is 14.6. The van der Waals surface area contributed by atoms with Crippen molar-refractivity contribution in [1.82, 2.24) is 0 Å². The Morgan fingerprint density at radius 1 is 0.886 bits per heavy atom. The number of hydrogen-bond acceptors (Lipinski definition) is 3. The number of halogens is 7. The number of nitrogens with zero attached hydrogens (tertiary/aromatic N) is 2. The molecule has 1 aliphatic rings. The van der Waals surface area contributed by atoms with Gasteiger partial charge >= 0.3 is 0 Å². The fourth-order valence-corrected chi connectivity index (χ4v) is 3.56. The molecule has 4 nitrogen and oxygen atoms in total. The van der Waals surface area contributed by atoms with E-state index in [2.05, 4.69) is 5.10 Å². The summed E-state index contributed by atoms with van der Waals surface area (Å²) < 4.78 is 74.5. The van der Waals surface area contributed by atoms with Crippen molar-refractivity contribution in [2.45, 2.75) is 13.5 Å². The fourth-order valence-electron chi connectivity index (χ4n) is 3.24. The smallest absolute Gasteiger partial charge is 0.280 e. The Balaban J connectivity index is 1.53. The topological polar surface area (TPSA) is 41.9 Å². The zero-order chi connectivity index (χ0) is 25.4. The van der Waals surface area contributed by atoms with E-state index in [-0.39, 0.29) is 22.9 Å². The standard InChI is InChI=1S/C24H13Cl2F5N2O2/c1-11-15(24(34)33(32-11)23-21(30)19(28)18(27)20(29)22(23)31)8-12-2-5-14(6-3-12)35-10-13-4-7-16(25)17(26)9-13/h2-9H,10H2,1H3/b15-8+. The lowest BCUT2D eigenvalue weighted by Gasteiger charge is -2.15. The lowest BCUT2D eigenvalue weighted by molar-refractivity contribution is -0.114. The maximum Gasteiger partial charge on any atom is 0.280 e. The predicted molar refractivity (Wildman–Crippen MR) is 122 cm³/mol. The SMILES string of the molecule is CC1=NN(c2c(F)c(F)c(F)c(F)c2F)C(=O)/C1=C/c1ccc(OCc2ccc(Cl)c(Cl)c2)cc1. The van der Waals surface area contributed by atoms with Crippen molar-refractivity contribution >= 4 is 46.6 Å². The molecule has 0 bridgehead atoms. The van der Waals surface area contributed by atoms with Crippen LogP contribution in [-0.2, 0) is 11.4 Å². The Bertz CT molecular complexity index is 1380. The average molecular weight is 527 g/mol. The minimum Gasteiger partial charge on any atom is -0.489 e. The molecule has 0 aromatic heterocycles. The summed E-state index contributed by atoms with van der Waals surface area (Å²) in [5.41, 5.74) is -0.205. The number of carbonyl (C=O) groups excluding carboxylic acids is 1. The van der Waals surface area contributed by atoms with E-state index in [9.17, 15) is 26.7 Å². The molecule has 4 rings (SSSR count). The first kappa shape index (κ1) is 24.7. The van der Waals surface area contributed by atoms with Crippen LogP contribution in [0.25, 0.3) is 6.08 Å². The molecule has 11 heteroatoms. The van der Waals surface area contributed by atoms with Crippen molar-refractivity contribution in [3.8, 4) is 5.75 Å². The summed E-state index contributed by atoms with van der Waals surface area (Å²) in [7, 11) is 0. The molecule has 0 fully saturated rings. The van der Waals surface area contributed by atoms with Gasteiger partial charge < -0.3 is 4.74 Å². The first-order chi connectivity index (χ1) is 16.6. The van der Waals surface area contributed by atoms with Gasteiger partial charge in [-0.2, -0.15) is 10.1 Å². The summed E-state index contributed by atoms with van der Waals surface area (Å²) in [6.45, 7) is 1.59. The molecule has 0 spiro atoms. The zero-order valence-electron chi connectivity index (χ0n) is 17.7. The maximum atomic E-state index is 14.2. The quantitative estimate of drug-likeness (QED) is 0.154. The van der Waals surface area contributed by atoms with E-state index in [4.69, 9.17) is 27.9 Å². The number of rotatable bonds is 5. The number of hydrazone groups is 1. The summed E-state index contributed by atoms with van der Waals surface area (Å²) in [4.78, 5) is 12.7. The third kappa shape index (κ3) is 4.74. The van der Waals surface area contributed by atoms with Crippen LogP contribution in [0, 0.1) is 29.1 Å². The van der Waals surface area contributed by atoms with E-state index >= 15 is 0 Å². The first-order valence-corrected chi connectivity index (χ1v) is 10.6. The van der Waals surface area contributed by atoms with E-state index in [1.54, 1.807) is 42.5 Å². The van der Waals surface area contributed by atoms with Gasteiger partial charge in [0, 0.05) is 0 Å². The Hall–Kier alpha value is -3.43. The van der Waals surface area contributed by atoms with Crippen LogP contribution in [0.3, 0.4) is 0 Å². The Labute approximate surface area is 205 Å². The molecule has 1 aliphatic heterocycles. The molecule has 0 aliphatic carbocycles. The molecule has 0 radical (unpaired) electrons. The molecule has 1 heterocycles. The van der Waals surface area contributed by atoms with Crippen LogP contribution in [0.4, 0.5) is 27.6 Å². The highest BCUT2D eigenvalue weighted by molar-refractivity contribution is 6.42. The van der Waals surface area contributed by atoms with Crippen LogP contribution < -0.4 is 9.75 Å². The van der Waals surface area contributed by atoms with E-state index in [0.29, 0.717) is 21.4 Å². The molecule has 35 heavy (non-hydrogen) atoms. The molecule has 0 saturated carbocycles. The lowest BCUT2D eigenvalue weighted by atomic mass is 10.1. The zero-order valence-corrected chi connectivity index (χ0v) is 19.2. The second-order valence-electron chi connectivity index (χ2n) is 7.39. The molecule has 0 saturated heterocycles. The molecular formula is C24H13Cl2F5N2O2. The Kier molecular flexibility index (Phi) is 6.82. The second-order valence-corrected chi connectivity index (χ2v) is 8.20. The van der Waals surface area contributed by atoms with Gasteiger partial charge in [-0.05, 0) is 48.4 Å². The molecule has 180 valence electrons. The summed E-state index contributed by atoms with van der Waals surface area (Å²) >= 11 is 11.9. The van der Waals surface area contributed by atoms with Crippen molar-refractivity contribution in [2.24, 2.45) is 5.10 Å². The van der Waals surface area contributed by atoms with E-state index in [0.717, 1.165) is 5.56 Å². The molecule has 3 aromatic rings. The van der Waals surface area contributed by atoms with Crippen LogP contribution >= 0.6 is 23.2 Å². The van der Waals surface area contributed by atoms with Gasteiger partial charge in [0.05, 0.1) is 21.3 Å². The van der Waals surface area contributed by atoms with E-state index in [1.807, 2.05) is 0 Å². The minimum atomic E-state index is -2.33. The summed E-state index contributed by atoms with van der Waals surface area (Å²) in [5, 5.41) is 4.67. The van der Waals surface area contributed by atoms with Crippen LogP contribution in [0.1, 0.15) is 18.1 Å². The number of benzene rings is 3. The Morgan fingerprint density at radius 3 is 2.09 bits per heavy atom. The van der Waals surface area contributed by atoms with Gasteiger partial charge in [-0.3, -0.25) is 4.79 Å².